The maximum atomic E-state index is 5.97. The third-order valence-electron chi connectivity index (χ3n) is 3.49. The van der Waals surface area contributed by atoms with Gasteiger partial charge in [-0.1, -0.05) is 32.4 Å². The lowest BCUT2D eigenvalue weighted by atomic mass is 9.71. The van der Waals surface area contributed by atoms with Gasteiger partial charge in [-0.2, -0.15) is 0 Å². The van der Waals surface area contributed by atoms with E-state index in [-0.39, 0.29) is 0 Å². The highest BCUT2D eigenvalue weighted by molar-refractivity contribution is 6.29. The minimum absolute atomic E-state index is 0.334. The van der Waals surface area contributed by atoms with Crippen molar-refractivity contribution in [3.05, 3.63) is 23.2 Å². The number of hydrogen-bond donors (Lipinski definition) is 0. The Hall–Kier alpha value is -0.670. The summed E-state index contributed by atoms with van der Waals surface area (Å²) in [5.41, 5.74) is 1.23. The molecule has 1 aliphatic carbocycles. The van der Waals surface area contributed by atoms with E-state index in [4.69, 9.17) is 16.3 Å². The summed E-state index contributed by atoms with van der Waals surface area (Å²) in [4.78, 5) is 8.21. The van der Waals surface area contributed by atoms with Gasteiger partial charge in [0.2, 0.25) is 0 Å². The monoisotopic (exact) mass is 268 g/mol. The smallest absolute Gasteiger partial charge is 0.147 e. The van der Waals surface area contributed by atoms with E-state index in [0.29, 0.717) is 23.3 Å². The molecular formula is C14H21ClN2O. The van der Waals surface area contributed by atoms with Crippen LogP contribution in [0.25, 0.3) is 0 Å². The number of hydrogen-bond acceptors (Lipinski definition) is 3. The molecule has 1 saturated carbocycles. The Bertz CT molecular complexity index is 391. The summed E-state index contributed by atoms with van der Waals surface area (Å²) in [5, 5.41) is 0.422. The molecule has 2 atom stereocenters. The van der Waals surface area contributed by atoms with Gasteiger partial charge in [0.05, 0.1) is 30.8 Å². The third kappa shape index (κ3) is 3.92. The van der Waals surface area contributed by atoms with E-state index in [2.05, 4.69) is 30.7 Å². The van der Waals surface area contributed by atoms with E-state index in [0.717, 1.165) is 24.5 Å². The fourth-order valence-electron chi connectivity index (χ4n) is 3.00. The minimum Gasteiger partial charge on any atom is -0.372 e. The van der Waals surface area contributed by atoms with E-state index >= 15 is 0 Å². The molecular weight excluding hydrogens is 248 g/mol. The van der Waals surface area contributed by atoms with Crippen molar-refractivity contribution in [2.24, 2.45) is 11.3 Å². The molecule has 0 saturated heterocycles. The van der Waals surface area contributed by atoms with Crippen molar-refractivity contribution in [3.8, 4) is 0 Å². The number of rotatable bonds is 3. The van der Waals surface area contributed by atoms with Gasteiger partial charge < -0.3 is 4.74 Å². The second kappa shape index (κ2) is 5.54. The molecule has 0 amide bonds. The normalized spacial score (nSPS) is 27.1. The summed E-state index contributed by atoms with van der Waals surface area (Å²) in [5.74, 6) is 0.732. The van der Waals surface area contributed by atoms with E-state index in [1.54, 1.807) is 12.4 Å². The van der Waals surface area contributed by atoms with Gasteiger partial charge in [0.25, 0.3) is 0 Å². The Morgan fingerprint density at radius 1 is 1.33 bits per heavy atom. The predicted molar refractivity (Wildman–Crippen MR) is 72.4 cm³/mol. The summed E-state index contributed by atoms with van der Waals surface area (Å²) in [7, 11) is 0. The highest BCUT2D eigenvalue weighted by Crippen LogP contribution is 2.39. The lowest BCUT2D eigenvalue weighted by Crippen LogP contribution is -2.32. The Kier molecular flexibility index (Phi) is 4.23. The van der Waals surface area contributed by atoms with E-state index < -0.39 is 0 Å². The standard InChI is InChI=1S/C14H21ClN2O/c1-10-4-12(6-14(2,3)5-10)18-9-11-7-17-13(15)8-16-11/h7-8,10,12H,4-6,9H2,1-3H3. The molecule has 1 aromatic heterocycles. The van der Waals surface area contributed by atoms with Crippen LogP contribution in [0.4, 0.5) is 0 Å². The van der Waals surface area contributed by atoms with E-state index in [9.17, 15) is 0 Å². The Morgan fingerprint density at radius 3 is 2.72 bits per heavy atom. The Labute approximate surface area is 114 Å². The maximum Gasteiger partial charge on any atom is 0.147 e. The van der Waals surface area contributed by atoms with E-state index in [1.165, 1.54) is 6.42 Å². The molecule has 0 spiro atoms. The van der Waals surface area contributed by atoms with Crippen LogP contribution >= 0.6 is 11.6 Å². The van der Waals surface area contributed by atoms with Crippen LogP contribution in [0.15, 0.2) is 12.4 Å². The van der Waals surface area contributed by atoms with Gasteiger partial charge in [-0.3, -0.25) is 4.98 Å². The molecule has 3 nitrogen and oxygen atoms in total. The largest absolute Gasteiger partial charge is 0.372 e. The fraction of sp³-hybridized carbons (Fsp3) is 0.714. The van der Waals surface area contributed by atoms with Crippen LogP contribution in [0.1, 0.15) is 45.7 Å². The van der Waals surface area contributed by atoms with Gasteiger partial charge in [0, 0.05) is 0 Å². The third-order valence-corrected chi connectivity index (χ3v) is 3.68. The highest BCUT2D eigenvalue weighted by atomic mass is 35.5. The summed E-state index contributed by atoms with van der Waals surface area (Å²) < 4.78 is 5.97. The number of aromatic nitrogens is 2. The number of nitrogens with zero attached hydrogens (tertiary/aromatic N) is 2. The molecule has 1 heterocycles. The summed E-state index contributed by atoms with van der Waals surface area (Å²) in [6.45, 7) is 7.47. The SMILES string of the molecule is CC1CC(OCc2cnc(Cl)cn2)CC(C)(C)C1. The van der Waals surface area contributed by atoms with Crippen LogP contribution in [0, 0.1) is 11.3 Å². The zero-order valence-corrected chi connectivity index (χ0v) is 12.1. The van der Waals surface area contributed by atoms with Gasteiger partial charge in [0.15, 0.2) is 0 Å². The van der Waals surface area contributed by atoms with Crippen molar-refractivity contribution in [3.63, 3.8) is 0 Å². The molecule has 0 aromatic carbocycles. The van der Waals surface area contributed by atoms with Crippen LogP contribution in [0.5, 0.6) is 0 Å². The Balaban J connectivity index is 1.88. The molecule has 0 aliphatic heterocycles. The molecule has 2 unspecified atom stereocenters. The molecule has 1 aliphatic rings. The lowest BCUT2D eigenvalue weighted by Gasteiger charge is -2.38. The Morgan fingerprint density at radius 2 is 2.11 bits per heavy atom. The summed E-state index contributed by atoms with van der Waals surface area (Å²) >= 11 is 5.70. The first-order chi connectivity index (χ1) is 8.44. The van der Waals surface area contributed by atoms with Crippen molar-refractivity contribution in [2.45, 2.75) is 52.7 Å². The zero-order valence-electron chi connectivity index (χ0n) is 11.3. The maximum absolute atomic E-state index is 5.97. The van der Waals surface area contributed by atoms with Crippen molar-refractivity contribution in [1.29, 1.82) is 0 Å². The highest BCUT2D eigenvalue weighted by Gasteiger charge is 2.32. The molecule has 1 aromatic rings. The summed E-state index contributed by atoms with van der Waals surface area (Å²) in [6, 6.07) is 0. The molecule has 1 fully saturated rings. The van der Waals surface area contributed by atoms with Gasteiger partial charge in [0.1, 0.15) is 5.15 Å². The second-order valence-corrected chi connectivity index (χ2v) is 6.56. The van der Waals surface area contributed by atoms with Crippen molar-refractivity contribution >= 4 is 11.6 Å². The average Bonchev–Trinajstić information content (AvgIpc) is 2.25. The molecule has 0 radical (unpaired) electrons. The molecule has 100 valence electrons. The minimum atomic E-state index is 0.334. The van der Waals surface area contributed by atoms with Crippen LogP contribution < -0.4 is 0 Å². The zero-order chi connectivity index (χ0) is 13.2. The van der Waals surface area contributed by atoms with Crippen LogP contribution in [-0.4, -0.2) is 16.1 Å². The topological polar surface area (TPSA) is 35.0 Å². The first kappa shape index (κ1) is 13.8. The summed E-state index contributed by atoms with van der Waals surface area (Å²) in [6.07, 6.45) is 7.13. The average molecular weight is 269 g/mol. The first-order valence-corrected chi connectivity index (χ1v) is 6.90. The quantitative estimate of drug-likeness (QED) is 0.835. The van der Waals surface area contributed by atoms with Gasteiger partial charge in [-0.25, -0.2) is 4.98 Å². The van der Waals surface area contributed by atoms with Crippen molar-refractivity contribution in [1.82, 2.24) is 9.97 Å². The molecule has 0 N–H and O–H groups in total. The number of ether oxygens (including phenoxy) is 1. The van der Waals surface area contributed by atoms with Crippen LogP contribution in [-0.2, 0) is 11.3 Å². The van der Waals surface area contributed by atoms with Crippen molar-refractivity contribution < 1.29 is 4.74 Å². The first-order valence-electron chi connectivity index (χ1n) is 6.53. The molecule has 4 heteroatoms. The number of halogens is 1. The lowest BCUT2D eigenvalue weighted by molar-refractivity contribution is -0.0327. The molecule has 0 bridgehead atoms. The molecule has 18 heavy (non-hydrogen) atoms. The molecule has 2 rings (SSSR count). The van der Waals surface area contributed by atoms with E-state index in [1.807, 2.05) is 0 Å². The van der Waals surface area contributed by atoms with Gasteiger partial charge in [-0.05, 0) is 30.6 Å². The van der Waals surface area contributed by atoms with Crippen LogP contribution in [0.2, 0.25) is 5.15 Å². The van der Waals surface area contributed by atoms with Crippen molar-refractivity contribution in [2.75, 3.05) is 0 Å². The predicted octanol–water partition coefficient (Wildman–Crippen LogP) is 3.86. The second-order valence-electron chi connectivity index (χ2n) is 6.18. The van der Waals surface area contributed by atoms with Gasteiger partial charge in [-0.15, -0.1) is 0 Å². The fourth-order valence-corrected chi connectivity index (χ4v) is 3.10. The van der Waals surface area contributed by atoms with Gasteiger partial charge >= 0.3 is 0 Å². The van der Waals surface area contributed by atoms with Crippen LogP contribution in [0.3, 0.4) is 0 Å².